The number of aromatic nitrogens is 1. The smallest absolute Gasteiger partial charge is 0.308 e. The summed E-state index contributed by atoms with van der Waals surface area (Å²) in [7, 11) is 3.36. The lowest BCUT2D eigenvalue weighted by atomic mass is 9.94. The van der Waals surface area contributed by atoms with Crippen molar-refractivity contribution in [1.29, 1.82) is 0 Å². The highest BCUT2D eigenvalue weighted by Gasteiger charge is 2.39. The molecule has 44 heavy (non-hydrogen) atoms. The van der Waals surface area contributed by atoms with Gasteiger partial charge in [-0.25, -0.2) is 4.98 Å². The zero-order chi connectivity index (χ0) is 30.6. The van der Waals surface area contributed by atoms with Crippen LogP contribution in [0.15, 0.2) is 48.5 Å². The molecule has 0 aliphatic carbocycles. The molecule has 9 nitrogen and oxygen atoms in total. The molecule has 0 spiro atoms. The van der Waals surface area contributed by atoms with Crippen LogP contribution in [0.2, 0.25) is 0 Å². The molecule has 234 valence electrons. The topological polar surface area (TPSA) is 93.6 Å². The third-order valence-corrected chi connectivity index (χ3v) is 9.42. The van der Waals surface area contributed by atoms with Gasteiger partial charge in [0.15, 0.2) is 0 Å². The highest BCUT2D eigenvalue weighted by atomic mass is 16.5. The summed E-state index contributed by atoms with van der Waals surface area (Å²) in [4.78, 5) is 21.5. The van der Waals surface area contributed by atoms with Gasteiger partial charge in [-0.2, -0.15) is 0 Å². The van der Waals surface area contributed by atoms with E-state index in [1.807, 2.05) is 43.3 Å². The van der Waals surface area contributed by atoms with Crippen molar-refractivity contribution in [3.63, 3.8) is 0 Å². The monoisotopic (exact) mass is 601 g/mol. The number of carboxylic acids is 1. The van der Waals surface area contributed by atoms with Gasteiger partial charge in [-0.3, -0.25) is 9.69 Å². The minimum Gasteiger partial charge on any atom is -0.496 e. The fourth-order valence-corrected chi connectivity index (χ4v) is 7.08. The first kappa shape index (κ1) is 30.4. The van der Waals surface area contributed by atoms with Crippen LogP contribution in [-0.2, 0) is 33.8 Å². The maximum atomic E-state index is 11.9. The summed E-state index contributed by atoms with van der Waals surface area (Å²) in [6, 6.07) is 16.7. The summed E-state index contributed by atoms with van der Waals surface area (Å²) in [6.07, 6.45) is 3.74. The largest absolute Gasteiger partial charge is 0.496 e. The molecule has 3 aliphatic heterocycles. The number of hydrogen-bond acceptors (Lipinski definition) is 8. The fraction of sp³-hybridized carbons (Fsp3) is 0.486. The Bertz CT molecular complexity index is 1460. The minimum absolute atomic E-state index is 0.267. The van der Waals surface area contributed by atoms with Gasteiger partial charge in [0.25, 0.3) is 0 Å². The Morgan fingerprint density at radius 2 is 1.89 bits per heavy atom. The van der Waals surface area contributed by atoms with Gasteiger partial charge in [0.05, 0.1) is 31.4 Å². The van der Waals surface area contributed by atoms with Crippen LogP contribution in [-0.4, -0.2) is 80.2 Å². The fourth-order valence-electron chi connectivity index (χ4n) is 7.08. The van der Waals surface area contributed by atoms with Crippen LogP contribution in [0.4, 0.5) is 5.82 Å². The van der Waals surface area contributed by atoms with Gasteiger partial charge in [-0.1, -0.05) is 24.3 Å². The van der Waals surface area contributed by atoms with Crippen molar-refractivity contribution >= 4 is 11.8 Å². The van der Waals surface area contributed by atoms with Crippen LogP contribution in [0.5, 0.6) is 11.5 Å². The lowest BCUT2D eigenvalue weighted by Gasteiger charge is -2.38. The van der Waals surface area contributed by atoms with E-state index in [-0.39, 0.29) is 6.04 Å². The Morgan fingerprint density at radius 1 is 1.07 bits per heavy atom. The Kier molecular flexibility index (Phi) is 9.35. The second-order valence-electron chi connectivity index (χ2n) is 12.1. The van der Waals surface area contributed by atoms with Gasteiger partial charge in [0.2, 0.25) is 0 Å². The molecular formula is C35H43N3O6. The predicted molar refractivity (Wildman–Crippen MR) is 168 cm³/mol. The zero-order valence-electron chi connectivity index (χ0n) is 26.0. The van der Waals surface area contributed by atoms with Crippen LogP contribution < -0.4 is 14.4 Å². The standard InChI is InChI=1S/C35H43N3O6/c1-23-6-4-7-27(30-8-5-9-33(36-30)38-15-11-28(35(39)40)31(38)22-41-2)34(23)44-21-24-18-25-10-14-37(26-12-16-43-17-13-26)20-29(25)32(19-24)42-3/h4-9,18-19,26,28,31H,10-17,20-22H2,1-3H3,(H,39,40). The predicted octanol–water partition coefficient (Wildman–Crippen LogP) is 5.11. The van der Waals surface area contributed by atoms with Gasteiger partial charge in [-0.05, 0) is 73.6 Å². The van der Waals surface area contributed by atoms with Crippen LogP contribution in [0, 0.1) is 12.8 Å². The molecule has 0 amide bonds. The average molecular weight is 602 g/mol. The molecule has 0 radical (unpaired) electrons. The normalized spacial score (nSPS) is 20.8. The number of carboxylic acid groups (broad SMARTS) is 1. The minimum atomic E-state index is -0.796. The number of pyridine rings is 1. The van der Waals surface area contributed by atoms with Crippen LogP contribution in [0.3, 0.4) is 0 Å². The van der Waals surface area contributed by atoms with Crippen molar-refractivity contribution in [2.45, 2.75) is 57.8 Å². The Labute approximate surface area is 259 Å². The SMILES string of the molecule is COCC1C(C(=O)O)CCN1c1cccc(-c2cccc(C)c2OCc2cc3c(c(OC)c2)CN(C2CCOCC2)CC3)n1. The van der Waals surface area contributed by atoms with Crippen molar-refractivity contribution in [2.75, 3.05) is 52.0 Å². The molecule has 1 aromatic heterocycles. The van der Waals surface area contributed by atoms with Crippen LogP contribution in [0.1, 0.15) is 41.5 Å². The van der Waals surface area contributed by atoms with E-state index in [9.17, 15) is 9.90 Å². The number of benzene rings is 2. The van der Waals surface area contributed by atoms with Crippen LogP contribution >= 0.6 is 0 Å². The maximum Gasteiger partial charge on any atom is 0.308 e. The maximum absolute atomic E-state index is 11.9. The van der Waals surface area contributed by atoms with Crippen molar-refractivity contribution in [3.8, 4) is 22.8 Å². The average Bonchev–Trinajstić information content (AvgIpc) is 3.48. The molecule has 2 saturated heterocycles. The Hall–Kier alpha value is -3.66. The molecule has 0 bridgehead atoms. The molecule has 4 heterocycles. The molecule has 2 fully saturated rings. The lowest BCUT2D eigenvalue weighted by molar-refractivity contribution is -0.142. The van der Waals surface area contributed by atoms with E-state index in [0.717, 1.165) is 85.3 Å². The number of anilines is 1. The summed E-state index contributed by atoms with van der Waals surface area (Å²) in [5, 5.41) is 9.76. The molecule has 2 aromatic carbocycles. The van der Waals surface area contributed by atoms with Crippen molar-refractivity contribution in [1.82, 2.24) is 9.88 Å². The van der Waals surface area contributed by atoms with Crippen molar-refractivity contribution < 1.29 is 28.8 Å². The van der Waals surface area contributed by atoms with E-state index in [0.29, 0.717) is 32.2 Å². The van der Waals surface area contributed by atoms with E-state index < -0.39 is 11.9 Å². The summed E-state index contributed by atoms with van der Waals surface area (Å²) in [5.74, 6) is 1.17. The molecule has 9 heteroatoms. The quantitative estimate of drug-likeness (QED) is 0.340. The molecule has 2 unspecified atom stereocenters. The van der Waals surface area contributed by atoms with E-state index in [2.05, 4.69) is 21.9 Å². The number of aliphatic carboxylic acids is 1. The Balaban J connectivity index is 1.22. The number of rotatable bonds is 10. The Morgan fingerprint density at radius 3 is 2.66 bits per heavy atom. The summed E-state index contributed by atoms with van der Waals surface area (Å²) in [6.45, 7) is 7.06. The molecule has 3 aromatic rings. The first-order valence-electron chi connectivity index (χ1n) is 15.7. The van der Waals surface area contributed by atoms with Crippen molar-refractivity contribution in [2.24, 2.45) is 5.92 Å². The number of ether oxygens (including phenoxy) is 4. The molecule has 3 aliphatic rings. The highest BCUT2D eigenvalue weighted by molar-refractivity contribution is 5.74. The van der Waals surface area contributed by atoms with E-state index in [1.54, 1.807) is 14.2 Å². The summed E-state index contributed by atoms with van der Waals surface area (Å²) < 4.78 is 23.4. The van der Waals surface area contributed by atoms with E-state index in [1.165, 1.54) is 11.1 Å². The van der Waals surface area contributed by atoms with Gasteiger partial charge < -0.3 is 29.0 Å². The number of aryl methyl sites for hydroxylation is 1. The van der Waals surface area contributed by atoms with Crippen LogP contribution in [0.25, 0.3) is 11.3 Å². The molecule has 6 rings (SSSR count). The van der Waals surface area contributed by atoms with E-state index in [4.69, 9.17) is 23.9 Å². The third-order valence-electron chi connectivity index (χ3n) is 9.42. The second-order valence-corrected chi connectivity index (χ2v) is 12.1. The number of nitrogens with zero attached hydrogens (tertiary/aromatic N) is 3. The van der Waals surface area contributed by atoms with Gasteiger partial charge in [0.1, 0.15) is 23.9 Å². The number of carbonyl (C=O) groups is 1. The zero-order valence-corrected chi connectivity index (χ0v) is 26.0. The number of para-hydroxylation sites is 1. The highest BCUT2D eigenvalue weighted by Crippen LogP contribution is 2.37. The third kappa shape index (κ3) is 6.27. The number of methoxy groups -OCH3 is 2. The summed E-state index contributed by atoms with van der Waals surface area (Å²) >= 11 is 0. The van der Waals surface area contributed by atoms with E-state index >= 15 is 0 Å². The first-order valence-corrected chi connectivity index (χ1v) is 15.7. The van der Waals surface area contributed by atoms with Gasteiger partial charge in [0, 0.05) is 57.1 Å². The first-order chi connectivity index (χ1) is 21.5. The molecular weight excluding hydrogens is 558 g/mol. The molecule has 2 atom stereocenters. The summed E-state index contributed by atoms with van der Waals surface area (Å²) in [5.41, 5.74) is 6.41. The van der Waals surface area contributed by atoms with Gasteiger partial charge in [-0.15, -0.1) is 0 Å². The number of hydrogen-bond donors (Lipinski definition) is 1. The molecule has 1 N–H and O–H groups in total. The molecule has 0 saturated carbocycles. The van der Waals surface area contributed by atoms with Gasteiger partial charge >= 0.3 is 5.97 Å². The lowest BCUT2D eigenvalue weighted by Crippen LogP contribution is -2.42. The second kappa shape index (κ2) is 13.5. The number of fused-ring (bicyclic) bond motifs is 1. The van der Waals surface area contributed by atoms with Crippen molar-refractivity contribution in [3.05, 3.63) is 70.8 Å².